The molecule has 0 spiro atoms. The number of hydrogen-bond acceptors (Lipinski definition) is 4. The summed E-state index contributed by atoms with van der Waals surface area (Å²) in [5, 5.41) is 11.9. The maximum absolute atomic E-state index is 12.2. The predicted molar refractivity (Wildman–Crippen MR) is 94.4 cm³/mol. The normalized spacial score (nSPS) is 16.4. The SMILES string of the molecule is Cc1cccc(NC(=O)CN2CCN(C(=O)C(C)C(=O)O)CC2)c1C. The van der Waals surface area contributed by atoms with Crippen molar-refractivity contribution in [3.05, 3.63) is 29.3 Å². The molecule has 0 aliphatic carbocycles. The van der Waals surface area contributed by atoms with Gasteiger partial charge >= 0.3 is 5.97 Å². The molecule has 0 bridgehead atoms. The van der Waals surface area contributed by atoms with Crippen LogP contribution in [0.2, 0.25) is 0 Å². The van der Waals surface area contributed by atoms with Crippen LogP contribution in [0.4, 0.5) is 5.69 Å². The summed E-state index contributed by atoms with van der Waals surface area (Å²) < 4.78 is 0. The van der Waals surface area contributed by atoms with Crippen molar-refractivity contribution in [2.45, 2.75) is 20.8 Å². The number of aliphatic carboxylic acids is 1. The summed E-state index contributed by atoms with van der Waals surface area (Å²) in [5.74, 6) is -2.60. The van der Waals surface area contributed by atoms with E-state index in [4.69, 9.17) is 5.11 Å². The average Bonchev–Trinajstić information content (AvgIpc) is 2.58. The highest BCUT2D eigenvalue weighted by molar-refractivity contribution is 5.96. The fourth-order valence-corrected chi connectivity index (χ4v) is 2.79. The highest BCUT2D eigenvalue weighted by Crippen LogP contribution is 2.18. The first kappa shape index (κ1) is 18.9. The number of anilines is 1. The van der Waals surface area contributed by atoms with Crippen molar-refractivity contribution in [3.63, 3.8) is 0 Å². The van der Waals surface area contributed by atoms with Crippen LogP contribution < -0.4 is 5.32 Å². The molecule has 1 aliphatic heterocycles. The lowest BCUT2D eigenvalue weighted by Gasteiger charge is -2.35. The van der Waals surface area contributed by atoms with Gasteiger partial charge in [-0.3, -0.25) is 19.3 Å². The number of piperazine rings is 1. The van der Waals surface area contributed by atoms with Gasteiger partial charge in [-0.15, -0.1) is 0 Å². The third-order valence-corrected chi connectivity index (χ3v) is 4.67. The number of aryl methyl sites for hydroxylation is 1. The van der Waals surface area contributed by atoms with Crippen molar-refractivity contribution in [2.24, 2.45) is 5.92 Å². The molecule has 25 heavy (non-hydrogen) atoms. The first-order valence-electron chi connectivity index (χ1n) is 8.39. The molecule has 136 valence electrons. The van der Waals surface area contributed by atoms with Crippen molar-refractivity contribution < 1.29 is 19.5 Å². The third kappa shape index (κ3) is 4.79. The molecule has 2 N–H and O–H groups in total. The average molecular weight is 347 g/mol. The molecule has 7 nitrogen and oxygen atoms in total. The van der Waals surface area contributed by atoms with Gasteiger partial charge in [0.25, 0.3) is 0 Å². The standard InChI is InChI=1S/C18H25N3O4/c1-12-5-4-6-15(13(12)2)19-16(22)11-20-7-9-21(10-8-20)17(23)14(3)18(24)25/h4-6,14H,7-11H2,1-3H3,(H,19,22)(H,24,25). The number of amides is 2. The first-order chi connectivity index (χ1) is 11.8. The minimum atomic E-state index is -1.11. The predicted octanol–water partition coefficient (Wildman–Crippen LogP) is 1.11. The molecule has 1 fully saturated rings. The second-order valence-electron chi connectivity index (χ2n) is 6.46. The number of nitrogens with zero attached hydrogens (tertiary/aromatic N) is 2. The number of carboxylic acid groups (broad SMARTS) is 1. The molecule has 2 rings (SSSR count). The van der Waals surface area contributed by atoms with E-state index in [1.807, 2.05) is 36.9 Å². The van der Waals surface area contributed by atoms with E-state index in [0.717, 1.165) is 16.8 Å². The number of nitrogens with one attached hydrogen (secondary N) is 1. The van der Waals surface area contributed by atoms with E-state index in [1.165, 1.54) is 6.92 Å². The lowest BCUT2D eigenvalue weighted by atomic mass is 10.1. The largest absolute Gasteiger partial charge is 0.481 e. The van der Waals surface area contributed by atoms with Crippen LogP contribution in [-0.2, 0) is 14.4 Å². The lowest BCUT2D eigenvalue weighted by Crippen LogP contribution is -2.52. The topological polar surface area (TPSA) is 90.0 Å². The Kier molecular flexibility index (Phi) is 6.14. The summed E-state index contributed by atoms with van der Waals surface area (Å²) in [6.45, 7) is 7.61. The Morgan fingerprint density at radius 2 is 1.80 bits per heavy atom. The fourth-order valence-electron chi connectivity index (χ4n) is 2.79. The van der Waals surface area contributed by atoms with Crippen LogP contribution in [0.3, 0.4) is 0 Å². The smallest absolute Gasteiger partial charge is 0.315 e. The molecule has 1 saturated heterocycles. The van der Waals surface area contributed by atoms with E-state index in [1.54, 1.807) is 4.90 Å². The molecule has 0 aromatic heterocycles. The Hall–Kier alpha value is -2.41. The Morgan fingerprint density at radius 1 is 1.16 bits per heavy atom. The Bertz CT molecular complexity index is 666. The molecule has 1 aliphatic rings. The number of rotatable bonds is 5. The zero-order chi connectivity index (χ0) is 18.6. The van der Waals surface area contributed by atoms with Gasteiger partial charge in [-0.25, -0.2) is 0 Å². The second kappa shape index (κ2) is 8.11. The molecular weight excluding hydrogens is 322 g/mol. The van der Waals surface area contributed by atoms with E-state index in [-0.39, 0.29) is 18.4 Å². The van der Waals surface area contributed by atoms with E-state index in [2.05, 4.69) is 5.32 Å². The van der Waals surface area contributed by atoms with Crippen molar-refractivity contribution in [1.29, 1.82) is 0 Å². The second-order valence-corrected chi connectivity index (χ2v) is 6.46. The van der Waals surface area contributed by atoms with Gasteiger partial charge in [0.2, 0.25) is 11.8 Å². The summed E-state index contributed by atoms with van der Waals surface area (Å²) in [4.78, 5) is 38.7. The van der Waals surface area contributed by atoms with Gasteiger partial charge in [-0.1, -0.05) is 12.1 Å². The fraction of sp³-hybridized carbons (Fsp3) is 0.500. The number of carboxylic acids is 1. The third-order valence-electron chi connectivity index (χ3n) is 4.67. The van der Waals surface area contributed by atoms with E-state index in [0.29, 0.717) is 26.2 Å². The van der Waals surface area contributed by atoms with Crippen molar-refractivity contribution in [1.82, 2.24) is 9.80 Å². The van der Waals surface area contributed by atoms with E-state index in [9.17, 15) is 14.4 Å². The quantitative estimate of drug-likeness (QED) is 0.779. The zero-order valence-electron chi connectivity index (χ0n) is 14.9. The summed E-state index contributed by atoms with van der Waals surface area (Å²) in [6.07, 6.45) is 0. The highest BCUT2D eigenvalue weighted by Gasteiger charge is 2.29. The van der Waals surface area contributed by atoms with Crippen molar-refractivity contribution in [3.8, 4) is 0 Å². The van der Waals surface area contributed by atoms with Gasteiger partial charge in [0, 0.05) is 31.9 Å². The van der Waals surface area contributed by atoms with Gasteiger partial charge in [-0.05, 0) is 38.0 Å². The maximum atomic E-state index is 12.2. The van der Waals surface area contributed by atoms with Crippen LogP contribution in [0.5, 0.6) is 0 Å². The Labute approximate surface area is 147 Å². The molecule has 1 atom stereocenters. The Morgan fingerprint density at radius 3 is 2.40 bits per heavy atom. The maximum Gasteiger partial charge on any atom is 0.315 e. The number of benzene rings is 1. The summed E-state index contributed by atoms with van der Waals surface area (Å²) in [7, 11) is 0. The summed E-state index contributed by atoms with van der Waals surface area (Å²) in [6, 6.07) is 5.79. The molecule has 7 heteroatoms. The van der Waals surface area contributed by atoms with Crippen LogP contribution >= 0.6 is 0 Å². The Balaban J connectivity index is 1.83. The first-order valence-corrected chi connectivity index (χ1v) is 8.39. The minimum absolute atomic E-state index is 0.0904. The molecule has 1 heterocycles. The number of hydrogen-bond donors (Lipinski definition) is 2. The van der Waals surface area contributed by atoms with Crippen molar-refractivity contribution in [2.75, 3.05) is 38.0 Å². The summed E-state index contributed by atoms with van der Waals surface area (Å²) >= 11 is 0. The van der Waals surface area contributed by atoms with Crippen LogP contribution in [-0.4, -0.2) is 65.4 Å². The number of carbonyl (C=O) groups is 3. The van der Waals surface area contributed by atoms with Crippen LogP contribution in [0.1, 0.15) is 18.1 Å². The van der Waals surface area contributed by atoms with Gasteiger partial charge < -0.3 is 15.3 Å². The minimum Gasteiger partial charge on any atom is -0.481 e. The van der Waals surface area contributed by atoms with Gasteiger partial charge in [-0.2, -0.15) is 0 Å². The highest BCUT2D eigenvalue weighted by atomic mass is 16.4. The zero-order valence-corrected chi connectivity index (χ0v) is 14.9. The molecule has 0 radical (unpaired) electrons. The monoisotopic (exact) mass is 347 g/mol. The molecule has 1 aromatic carbocycles. The van der Waals surface area contributed by atoms with E-state index >= 15 is 0 Å². The summed E-state index contributed by atoms with van der Waals surface area (Å²) in [5.41, 5.74) is 2.99. The van der Waals surface area contributed by atoms with Crippen LogP contribution in [0, 0.1) is 19.8 Å². The molecule has 2 amide bonds. The molecule has 1 aromatic rings. The molecule has 0 saturated carbocycles. The number of carbonyl (C=O) groups excluding carboxylic acids is 2. The van der Waals surface area contributed by atoms with Crippen LogP contribution in [0.25, 0.3) is 0 Å². The van der Waals surface area contributed by atoms with Crippen LogP contribution in [0.15, 0.2) is 18.2 Å². The molecular formula is C18H25N3O4. The molecule has 1 unspecified atom stereocenters. The van der Waals surface area contributed by atoms with Gasteiger partial charge in [0.15, 0.2) is 0 Å². The van der Waals surface area contributed by atoms with E-state index < -0.39 is 11.9 Å². The lowest BCUT2D eigenvalue weighted by molar-refractivity contribution is -0.151. The van der Waals surface area contributed by atoms with Crippen molar-refractivity contribution >= 4 is 23.5 Å². The van der Waals surface area contributed by atoms with Gasteiger partial charge in [0.05, 0.1) is 6.54 Å². The van der Waals surface area contributed by atoms with Gasteiger partial charge in [0.1, 0.15) is 5.92 Å².